The Bertz CT molecular complexity index is 815. The van der Waals surface area contributed by atoms with Crippen LogP contribution in [0, 0.1) is 5.92 Å². The summed E-state index contributed by atoms with van der Waals surface area (Å²) in [4.78, 5) is 14.7. The standard InChI is InChI=1S/C22H23NO2/c1-15(2)14-20(22(24)25)18-9-5-16(6-10-18)17-7-11-19(12-8-17)21-4-3-13-23-21/h3-13,15,20,23H,14H2,1-2H3,(H,24,25). The summed E-state index contributed by atoms with van der Waals surface area (Å²) in [5.41, 5.74) is 5.33. The van der Waals surface area contributed by atoms with Crippen LogP contribution in [-0.2, 0) is 4.79 Å². The fraction of sp³-hybridized carbons (Fsp3) is 0.227. The third-order valence-electron chi connectivity index (χ3n) is 4.45. The Morgan fingerprint density at radius 1 is 0.920 bits per heavy atom. The van der Waals surface area contributed by atoms with Gasteiger partial charge in [0.2, 0.25) is 0 Å². The van der Waals surface area contributed by atoms with E-state index in [9.17, 15) is 9.90 Å². The Kier molecular flexibility index (Phi) is 5.03. The molecular weight excluding hydrogens is 310 g/mol. The van der Waals surface area contributed by atoms with E-state index in [1.807, 2.05) is 42.6 Å². The minimum Gasteiger partial charge on any atom is -0.481 e. The van der Waals surface area contributed by atoms with Gasteiger partial charge in [-0.1, -0.05) is 62.4 Å². The average molecular weight is 333 g/mol. The summed E-state index contributed by atoms with van der Waals surface area (Å²) in [5.74, 6) is -0.845. The van der Waals surface area contributed by atoms with E-state index in [4.69, 9.17) is 0 Å². The van der Waals surface area contributed by atoms with Crippen LogP contribution >= 0.6 is 0 Å². The molecule has 0 aliphatic carbocycles. The number of benzene rings is 2. The quantitative estimate of drug-likeness (QED) is 0.620. The molecule has 3 heteroatoms. The molecular formula is C22H23NO2. The van der Waals surface area contributed by atoms with E-state index in [1.54, 1.807) is 0 Å². The van der Waals surface area contributed by atoms with Crippen LogP contribution < -0.4 is 0 Å². The Morgan fingerprint density at radius 2 is 1.48 bits per heavy atom. The SMILES string of the molecule is CC(C)CC(C(=O)O)c1ccc(-c2ccc(-c3ccc[nH]3)cc2)cc1. The molecule has 3 rings (SSSR count). The average Bonchev–Trinajstić information content (AvgIpc) is 3.14. The normalized spacial score (nSPS) is 12.3. The summed E-state index contributed by atoms with van der Waals surface area (Å²) in [6.45, 7) is 4.10. The summed E-state index contributed by atoms with van der Waals surface area (Å²) < 4.78 is 0. The number of carboxylic acids is 1. The first-order valence-corrected chi connectivity index (χ1v) is 8.61. The first-order chi connectivity index (χ1) is 12.0. The van der Waals surface area contributed by atoms with Gasteiger partial charge in [-0.25, -0.2) is 0 Å². The molecule has 0 saturated carbocycles. The zero-order chi connectivity index (χ0) is 17.8. The number of hydrogen-bond donors (Lipinski definition) is 2. The highest BCUT2D eigenvalue weighted by molar-refractivity contribution is 5.77. The molecule has 0 saturated heterocycles. The number of nitrogens with one attached hydrogen (secondary N) is 1. The van der Waals surface area contributed by atoms with Gasteiger partial charge in [0.05, 0.1) is 5.92 Å². The second-order valence-electron chi connectivity index (χ2n) is 6.80. The number of rotatable bonds is 6. The van der Waals surface area contributed by atoms with E-state index in [0.29, 0.717) is 12.3 Å². The van der Waals surface area contributed by atoms with Gasteiger partial charge in [0, 0.05) is 11.9 Å². The largest absolute Gasteiger partial charge is 0.481 e. The Labute approximate surface area is 148 Å². The third-order valence-corrected chi connectivity index (χ3v) is 4.45. The van der Waals surface area contributed by atoms with E-state index >= 15 is 0 Å². The molecule has 1 heterocycles. The van der Waals surface area contributed by atoms with Gasteiger partial charge in [0.25, 0.3) is 0 Å². The number of aromatic nitrogens is 1. The summed E-state index contributed by atoms with van der Waals surface area (Å²) >= 11 is 0. The van der Waals surface area contributed by atoms with Crippen LogP contribution in [0.15, 0.2) is 66.9 Å². The molecule has 25 heavy (non-hydrogen) atoms. The van der Waals surface area contributed by atoms with Crippen molar-refractivity contribution in [1.82, 2.24) is 4.98 Å². The molecule has 1 atom stereocenters. The van der Waals surface area contributed by atoms with Crippen molar-refractivity contribution in [1.29, 1.82) is 0 Å². The molecule has 2 aromatic carbocycles. The van der Waals surface area contributed by atoms with Crippen LogP contribution in [0.4, 0.5) is 0 Å². The molecule has 128 valence electrons. The Morgan fingerprint density at radius 3 is 1.96 bits per heavy atom. The van der Waals surface area contributed by atoms with Gasteiger partial charge in [0.1, 0.15) is 0 Å². The summed E-state index contributed by atoms with van der Waals surface area (Å²) in [5, 5.41) is 9.48. The lowest BCUT2D eigenvalue weighted by Crippen LogP contribution is -2.13. The van der Waals surface area contributed by atoms with Crippen molar-refractivity contribution in [2.24, 2.45) is 5.92 Å². The van der Waals surface area contributed by atoms with Gasteiger partial charge >= 0.3 is 5.97 Å². The smallest absolute Gasteiger partial charge is 0.310 e. The zero-order valence-corrected chi connectivity index (χ0v) is 14.6. The van der Waals surface area contributed by atoms with Crippen molar-refractivity contribution in [2.45, 2.75) is 26.2 Å². The lowest BCUT2D eigenvalue weighted by Gasteiger charge is -2.15. The first kappa shape index (κ1) is 17.0. The van der Waals surface area contributed by atoms with Gasteiger partial charge in [-0.2, -0.15) is 0 Å². The fourth-order valence-corrected chi connectivity index (χ4v) is 3.11. The van der Waals surface area contributed by atoms with Gasteiger partial charge in [-0.05, 0) is 46.7 Å². The van der Waals surface area contributed by atoms with Crippen molar-refractivity contribution >= 4 is 5.97 Å². The molecule has 3 nitrogen and oxygen atoms in total. The molecule has 0 spiro atoms. The second kappa shape index (κ2) is 7.39. The minimum absolute atomic E-state index is 0.348. The molecule has 1 aromatic heterocycles. The van der Waals surface area contributed by atoms with Gasteiger partial charge in [-0.15, -0.1) is 0 Å². The van der Waals surface area contributed by atoms with Crippen LogP contribution in [0.5, 0.6) is 0 Å². The Hall–Kier alpha value is -2.81. The number of H-pyrrole nitrogens is 1. The maximum absolute atomic E-state index is 11.5. The summed E-state index contributed by atoms with van der Waals surface area (Å²) in [7, 11) is 0. The maximum atomic E-state index is 11.5. The fourth-order valence-electron chi connectivity index (χ4n) is 3.11. The van der Waals surface area contributed by atoms with Gasteiger partial charge in [-0.3, -0.25) is 4.79 Å². The monoisotopic (exact) mass is 333 g/mol. The highest BCUT2D eigenvalue weighted by atomic mass is 16.4. The third kappa shape index (κ3) is 4.00. The lowest BCUT2D eigenvalue weighted by atomic mass is 9.89. The highest BCUT2D eigenvalue weighted by Crippen LogP contribution is 2.28. The summed E-state index contributed by atoms with van der Waals surface area (Å²) in [6, 6.07) is 20.3. The highest BCUT2D eigenvalue weighted by Gasteiger charge is 2.20. The minimum atomic E-state index is -0.753. The van der Waals surface area contributed by atoms with E-state index < -0.39 is 11.9 Å². The van der Waals surface area contributed by atoms with Crippen LogP contribution in [0.25, 0.3) is 22.4 Å². The molecule has 0 aliphatic rings. The number of hydrogen-bond acceptors (Lipinski definition) is 1. The van der Waals surface area contributed by atoms with E-state index in [-0.39, 0.29) is 0 Å². The Balaban J connectivity index is 1.81. The zero-order valence-electron chi connectivity index (χ0n) is 14.6. The summed E-state index contributed by atoms with van der Waals surface area (Å²) in [6.07, 6.45) is 2.57. The molecule has 0 amide bonds. The van der Waals surface area contributed by atoms with E-state index in [0.717, 1.165) is 27.9 Å². The second-order valence-corrected chi connectivity index (χ2v) is 6.80. The molecule has 1 unspecified atom stereocenters. The van der Waals surface area contributed by atoms with Gasteiger partial charge in [0.15, 0.2) is 0 Å². The molecule has 0 aliphatic heterocycles. The predicted octanol–water partition coefficient (Wildman–Crippen LogP) is 5.56. The van der Waals surface area contributed by atoms with Crippen LogP contribution in [0.3, 0.4) is 0 Å². The number of carboxylic acid groups (broad SMARTS) is 1. The number of carbonyl (C=O) groups is 1. The van der Waals surface area contributed by atoms with Gasteiger partial charge < -0.3 is 10.1 Å². The molecule has 0 fully saturated rings. The van der Waals surface area contributed by atoms with Crippen molar-refractivity contribution in [3.05, 3.63) is 72.4 Å². The number of aliphatic carboxylic acids is 1. The van der Waals surface area contributed by atoms with Crippen molar-refractivity contribution in [3.8, 4) is 22.4 Å². The topological polar surface area (TPSA) is 53.1 Å². The van der Waals surface area contributed by atoms with Crippen LogP contribution in [-0.4, -0.2) is 16.1 Å². The number of aromatic amines is 1. The lowest BCUT2D eigenvalue weighted by molar-refractivity contribution is -0.139. The molecule has 0 bridgehead atoms. The van der Waals surface area contributed by atoms with Crippen molar-refractivity contribution < 1.29 is 9.90 Å². The predicted molar refractivity (Wildman–Crippen MR) is 101 cm³/mol. The van der Waals surface area contributed by atoms with E-state index in [1.165, 1.54) is 0 Å². The van der Waals surface area contributed by atoms with E-state index in [2.05, 4.69) is 43.1 Å². The first-order valence-electron chi connectivity index (χ1n) is 8.61. The maximum Gasteiger partial charge on any atom is 0.310 e. The molecule has 3 aromatic rings. The van der Waals surface area contributed by atoms with Crippen LogP contribution in [0.2, 0.25) is 0 Å². The molecule has 2 N–H and O–H groups in total. The molecule has 0 radical (unpaired) electrons. The van der Waals surface area contributed by atoms with Crippen molar-refractivity contribution in [3.63, 3.8) is 0 Å². The van der Waals surface area contributed by atoms with Crippen molar-refractivity contribution in [2.75, 3.05) is 0 Å². The van der Waals surface area contributed by atoms with Crippen LogP contribution in [0.1, 0.15) is 31.7 Å².